The highest BCUT2D eigenvalue weighted by Gasteiger charge is 1.98. The fraction of sp³-hybridized carbons (Fsp3) is 0.727. The van der Waals surface area contributed by atoms with Crippen LogP contribution in [0.2, 0.25) is 0 Å². The minimum atomic E-state index is -0.262. The van der Waals surface area contributed by atoms with Crippen LogP contribution in [0.4, 0.5) is 0 Å². The molecule has 2 nitrogen and oxygen atoms in total. The van der Waals surface area contributed by atoms with Crippen LogP contribution in [0.25, 0.3) is 0 Å². The van der Waals surface area contributed by atoms with E-state index in [2.05, 4.69) is 18.6 Å². The van der Waals surface area contributed by atoms with Gasteiger partial charge in [-0.3, -0.25) is 0 Å². The van der Waals surface area contributed by atoms with Gasteiger partial charge in [0.15, 0.2) is 0 Å². The summed E-state index contributed by atoms with van der Waals surface area (Å²) in [5.74, 6) is 0.216. The summed E-state index contributed by atoms with van der Waals surface area (Å²) in [4.78, 5) is 10.7. The van der Waals surface area contributed by atoms with Crippen molar-refractivity contribution in [2.45, 2.75) is 39.5 Å². The normalized spacial score (nSPS) is 13.2. The van der Waals surface area contributed by atoms with E-state index in [-0.39, 0.29) is 5.97 Å². The number of rotatable bonds is 6. The first-order valence-electron chi connectivity index (χ1n) is 4.96. The summed E-state index contributed by atoms with van der Waals surface area (Å²) in [7, 11) is 1.40. The van der Waals surface area contributed by atoms with Crippen molar-refractivity contribution in [1.29, 1.82) is 0 Å². The second kappa shape index (κ2) is 7.84. The highest BCUT2D eigenvalue weighted by atomic mass is 16.5. The van der Waals surface area contributed by atoms with Crippen LogP contribution >= 0.6 is 0 Å². The first-order valence-corrected chi connectivity index (χ1v) is 4.96. The Balaban J connectivity index is 3.54. The number of hydrogen-bond donors (Lipinski definition) is 0. The van der Waals surface area contributed by atoms with E-state index in [9.17, 15) is 4.79 Å². The maximum Gasteiger partial charge on any atom is 0.330 e. The molecule has 0 bridgehead atoms. The molecule has 0 heterocycles. The molecule has 0 aliphatic carbocycles. The second-order valence-electron chi connectivity index (χ2n) is 3.36. The largest absolute Gasteiger partial charge is 0.466 e. The zero-order valence-electron chi connectivity index (χ0n) is 8.88. The molecule has 0 radical (unpaired) electrons. The number of unbranched alkanes of at least 4 members (excludes halogenated alkanes) is 2. The van der Waals surface area contributed by atoms with Gasteiger partial charge >= 0.3 is 5.97 Å². The third kappa shape index (κ3) is 7.57. The third-order valence-electron chi connectivity index (χ3n) is 2.03. The maximum atomic E-state index is 10.7. The maximum absolute atomic E-state index is 10.7. The number of esters is 1. The fourth-order valence-corrected chi connectivity index (χ4v) is 1.12. The van der Waals surface area contributed by atoms with E-state index in [4.69, 9.17) is 0 Å². The van der Waals surface area contributed by atoms with Crippen LogP contribution in [0, 0.1) is 5.92 Å². The molecule has 1 atom stereocenters. The number of allylic oxidation sites excluding steroid dienone is 1. The Hall–Kier alpha value is -0.790. The van der Waals surface area contributed by atoms with Crippen molar-refractivity contribution in [3.8, 4) is 0 Å². The van der Waals surface area contributed by atoms with Crippen LogP contribution in [-0.4, -0.2) is 13.1 Å². The van der Waals surface area contributed by atoms with E-state index in [0.717, 1.165) is 6.42 Å². The van der Waals surface area contributed by atoms with Crippen LogP contribution < -0.4 is 0 Å². The molecule has 0 fully saturated rings. The van der Waals surface area contributed by atoms with E-state index in [1.165, 1.54) is 32.4 Å². The minimum absolute atomic E-state index is 0.262. The Morgan fingerprint density at radius 2 is 2.15 bits per heavy atom. The van der Waals surface area contributed by atoms with Gasteiger partial charge < -0.3 is 4.74 Å². The number of hydrogen-bond acceptors (Lipinski definition) is 2. The Morgan fingerprint density at radius 1 is 1.46 bits per heavy atom. The van der Waals surface area contributed by atoms with Gasteiger partial charge in [-0.25, -0.2) is 4.79 Å². The molecule has 0 aromatic carbocycles. The highest BCUT2D eigenvalue weighted by Crippen LogP contribution is 2.10. The van der Waals surface area contributed by atoms with Crippen molar-refractivity contribution in [2.75, 3.05) is 7.11 Å². The summed E-state index contributed by atoms with van der Waals surface area (Å²) >= 11 is 0. The topological polar surface area (TPSA) is 26.3 Å². The van der Waals surface area contributed by atoms with Crippen molar-refractivity contribution in [2.24, 2.45) is 5.92 Å². The molecule has 0 unspecified atom stereocenters. The van der Waals surface area contributed by atoms with Crippen LogP contribution in [0.1, 0.15) is 39.5 Å². The third-order valence-corrected chi connectivity index (χ3v) is 2.03. The van der Waals surface area contributed by atoms with Crippen molar-refractivity contribution >= 4 is 5.97 Å². The fourth-order valence-electron chi connectivity index (χ4n) is 1.12. The molecule has 2 heteroatoms. The second-order valence-corrected chi connectivity index (χ2v) is 3.36. The molecule has 0 N–H and O–H groups in total. The van der Waals surface area contributed by atoms with Crippen molar-refractivity contribution in [3.63, 3.8) is 0 Å². The Labute approximate surface area is 81.0 Å². The van der Waals surface area contributed by atoms with Gasteiger partial charge in [0.05, 0.1) is 7.11 Å². The van der Waals surface area contributed by atoms with Crippen LogP contribution in [0.3, 0.4) is 0 Å². The van der Waals surface area contributed by atoms with E-state index < -0.39 is 0 Å². The molecule has 0 aromatic heterocycles. The molecule has 0 aliphatic rings. The Bertz CT molecular complexity index is 161. The lowest BCUT2D eigenvalue weighted by Gasteiger charge is -2.03. The number of ether oxygens (including phenoxy) is 1. The van der Waals surface area contributed by atoms with Gasteiger partial charge in [-0.2, -0.15) is 0 Å². The average molecular weight is 184 g/mol. The summed E-state index contributed by atoms with van der Waals surface area (Å²) in [6.45, 7) is 4.31. The lowest BCUT2D eigenvalue weighted by atomic mass is 10.0. The first-order chi connectivity index (χ1) is 6.20. The number of carbonyl (C=O) groups excluding carboxylic acids is 1. The summed E-state index contributed by atoms with van der Waals surface area (Å²) in [5.41, 5.74) is 0. The van der Waals surface area contributed by atoms with E-state index in [1.807, 2.05) is 6.08 Å². The SMILES string of the molecule is CCCCC[C@@H](C)/C=C/C(=O)OC. The van der Waals surface area contributed by atoms with Crippen LogP contribution in [0.15, 0.2) is 12.2 Å². The van der Waals surface area contributed by atoms with Crippen molar-refractivity contribution in [3.05, 3.63) is 12.2 Å². The van der Waals surface area contributed by atoms with Gasteiger partial charge in [0, 0.05) is 6.08 Å². The summed E-state index contributed by atoms with van der Waals surface area (Å²) in [6.07, 6.45) is 8.34. The minimum Gasteiger partial charge on any atom is -0.466 e. The van der Waals surface area contributed by atoms with E-state index in [1.54, 1.807) is 0 Å². The number of carbonyl (C=O) groups is 1. The average Bonchev–Trinajstić information content (AvgIpc) is 2.14. The van der Waals surface area contributed by atoms with Crippen molar-refractivity contribution in [1.82, 2.24) is 0 Å². The molecule has 0 saturated carbocycles. The van der Waals surface area contributed by atoms with Gasteiger partial charge in [0.1, 0.15) is 0 Å². The molecule has 0 aliphatic heterocycles. The summed E-state index contributed by atoms with van der Waals surface area (Å²) < 4.78 is 4.50. The monoisotopic (exact) mass is 184 g/mol. The smallest absolute Gasteiger partial charge is 0.330 e. The molecular formula is C11H20O2. The Morgan fingerprint density at radius 3 is 2.69 bits per heavy atom. The van der Waals surface area contributed by atoms with Gasteiger partial charge in [0.25, 0.3) is 0 Å². The number of methoxy groups -OCH3 is 1. The van der Waals surface area contributed by atoms with Gasteiger partial charge in [-0.05, 0) is 12.3 Å². The molecular weight excluding hydrogens is 164 g/mol. The zero-order valence-corrected chi connectivity index (χ0v) is 8.88. The molecule has 76 valence electrons. The quantitative estimate of drug-likeness (QED) is 0.360. The van der Waals surface area contributed by atoms with Gasteiger partial charge in [0.2, 0.25) is 0 Å². The standard InChI is InChI=1S/C11H20O2/c1-4-5-6-7-10(2)8-9-11(12)13-3/h8-10H,4-7H2,1-3H3/b9-8+/t10-/m1/s1. The predicted molar refractivity (Wildman–Crippen MR) is 54.5 cm³/mol. The van der Waals surface area contributed by atoms with Gasteiger partial charge in [-0.15, -0.1) is 0 Å². The van der Waals surface area contributed by atoms with Crippen molar-refractivity contribution < 1.29 is 9.53 Å². The van der Waals surface area contributed by atoms with E-state index >= 15 is 0 Å². The molecule has 0 spiro atoms. The molecule has 0 saturated heterocycles. The highest BCUT2D eigenvalue weighted by molar-refractivity contribution is 5.81. The zero-order chi connectivity index (χ0) is 10.1. The summed E-state index contributed by atoms with van der Waals surface area (Å²) in [5, 5.41) is 0. The molecule has 13 heavy (non-hydrogen) atoms. The van der Waals surface area contributed by atoms with Gasteiger partial charge in [-0.1, -0.05) is 39.2 Å². The predicted octanol–water partition coefficient (Wildman–Crippen LogP) is 2.93. The summed E-state index contributed by atoms with van der Waals surface area (Å²) in [6, 6.07) is 0. The lowest BCUT2D eigenvalue weighted by molar-refractivity contribution is -0.134. The first kappa shape index (κ1) is 12.2. The van der Waals surface area contributed by atoms with Crippen LogP contribution in [0.5, 0.6) is 0 Å². The molecule has 0 aromatic rings. The molecule has 0 rings (SSSR count). The molecule has 0 amide bonds. The lowest BCUT2D eigenvalue weighted by Crippen LogP contribution is -1.96. The van der Waals surface area contributed by atoms with Crippen LogP contribution in [-0.2, 0) is 9.53 Å². The van der Waals surface area contributed by atoms with E-state index in [0.29, 0.717) is 5.92 Å². The Kier molecular flexibility index (Phi) is 7.36.